The fourth-order valence-corrected chi connectivity index (χ4v) is 5.53. The third kappa shape index (κ3) is 1.79. The Hall–Kier alpha value is -2.64. The quantitative estimate of drug-likeness (QED) is 0.515. The van der Waals surface area contributed by atoms with Gasteiger partial charge < -0.3 is 5.11 Å². The first-order valence-corrected chi connectivity index (χ1v) is 9.50. The summed E-state index contributed by atoms with van der Waals surface area (Å²) in [6.07, 6.45) is 2.25. The lowest BCUT2D eigenvalue weighted by atomic mass is 9.82. The average molecular weight is 336 g/mol. The average Bonchev–Trinajstić information content (AvgIpc) is 3.24. The van der Waals surface area contributed by atoms with Crippen LogP contribution in [0.5, 0.6) is 0 Å². The van der Waals surface area contributed by atoms with Gasteiger partial charge in [0.05, 0.1) is 6.61 Å². The summed E-state index contributed by atoms with van der Waals surface area (Å²) in [4.78, 5) is 0. The predicted molar refractivity (Wildman–Crippen MR) is 107 cm³/mol. The van der Waals surface area contributed by atoms with Crippen LogP contribution < -0.4 is 0 Å². The maximum atomic E-state index is 9.74. The zero-order valence-corrected chi connectivity index (χ0v) is 14.6. The van der Waals surface area contributed by atoms with Gasteiger partial charge in [-0.2, -0.15) is 0 Å². The Labute approximate surface area is 152 Å². The van der Waals surface area contributed by atoms with Crippen LogP contribution in [0.2, 0.25) is 0 Å². The summed E-state index contributed by atoms with van der Waals surface area (Å²) >= 11 is 0. The van der Waals surface area contributed by atoms with Crippen LogP contribution in [-0.4, -0.2) is 5.11 Å². The van der Waals surface area contributed by atoms with Gasteiger partial charge in [-0.1, -0.05) is 66.7 Å². The first-order valence-electron chi connectivity index (χ1n) is 9.50. The zero-order chi connectivity index (χ0) is 17.3. The van der Waals surface area contributed by atoms with Crippen molar-refractivity contribution in [3.63, 3.8) is 0 Å². The van der Waals surface area contributed by atoms with Crippen LogP contribution in [0.25, 0.3) is 21.5 Å². The van der Waals surface area contributed by atoms with Crippen molar-refractivity contribution in [1.29, 1.82) is 0 Å². The van der Waals surface area contributed by atoms with E-state index in [2.05, 4.69) is 66.7 Å². The van der Waals surface area contributed by atoms with Crippen molar-refractivity contribution in [3.05, 3.63) is 94.5 Å². The summed E-state index contributed by atoms with van der Waals surface area (Å²) < 4.78 is 0. The second kappa shape index (κ2) is 5.18. The zero-order valence-electron chi connectivity index (χ0n) is 14.6. The van der Waals surface area contributed by atoms with E-state index in [4.69, 9.17) is 0 Å². The summed E-state index contributed by atoms with van der Waals surface area (Å²) in [6, 6.07) is 24.5. The molecule has 0 saturated heterocycles. The molecule has 1 N–H and O–H groups in total. The molecule has 0 spiro atoms. The molecule has 1 nitrogen and oxygen atoms in total. The number of hydrogen-bond donors (Lipinski definition) is 1. The molecule has 4 aromatic carbocycles. The first kappa shape index (κ1) is 14.5. The minimum Gasteiger partial charge on any atom is -0.392 e. The molecule has 6 rings (SSSR count). The molecule has 126 valence electrons. The lowest BCUT2D eigenvalue weighted by molar-refractivity contribution is 0.283. The molecule has 0 bridgehead atoms. The van der Waals surface area contributed by atoms with E-state index in [0.717, 1.165) is 18.4 Å². The molecule has 0 saturated carbocycles. The summed E-state index contributed by atoms with van der Waals surface area (Å²) in [5.74, 6) is 1.08. The standard InChI is InChI=1S/C25H20O/c26-14-18-11-10-17-13-23(21-9-3-7-19(18)25(17)21)22-12-16-6-1-4-15-5-2-8-20(22)24(15)16/h1-11,22-23,26H,12-14H2. The molecule has 0 heterocycles. The van der Waals surface area contributed by atoms with Gasteiger partial charge in [0.25, 0.3) is 0 Å². The topological polar surface area (TPSA) is 20.2 Å². The van der Waals surface area contributed by atoms with E-state index in [1.165, 1.54) is 43.8 Å². The van der Waals surface area contributed by atoms with Crippen molar-refractivity contribution in [2.75, 3.05) is 0 Å². The van der Waals surface area contributed by atoms with Crippen molar-refractivity contribution in [2.45, 2.75) is 31.3 Å². The van der Waals surface area contributed by atoms with E-state index in [0.29, 0.717) is 11.8 Å². The van der Waals surface area contributed by atoms with E-state index in [9.17, 15) is 5.11 Å². The van der Waals surface area contributed by atoms with Crippen molar-refractivity contribution < 1.29 is 5.11 Å². The fraction of sp³-hybridized carbons (Fsp3) is 0.200. The van der Waals surface area contributed by atoms with Gasteiger partial charge in [-0.25, -0.2) is 0 Å². The van der Waals surface area contributed by atoms with E-state index in [1.54, 1.807) is 0 Å². The Morgan fingerprint density at radius 3 is 2.12 bits per heavy atom. The molecule has 2 aliphatic carbocycles. The smallest absolute Gasteiger partial charge is 0.0687 e. The minimum atomic E-state index is 0.110. The highest BCUT2D eigenvalue weighted by Crippen LogP contribution is 2.51. The number of hydrogen-bond acceptors (Lipinski definition) is 1. The Kier molecular flexibility index (Phi) is 2.90. The molecule has 2 aliphatic rings. The molecular formula is C25H20O. The maximum absolute atomic E-state index is 9.74. The summed E-state index contributed by atoms with van der Waals surface area (Å²) in [7, 11) is 0. The molecular weight excluding hydrogens is 316 g/mol. The molecule has 2 atom stereocenters. The van der Waals surface area contributed by atoms with E-state index in [1.807, 2.05) is 0 Å². The van der Waals surface area contributed by atoms with Gasteiger partial charge in [-0.3, -0.25) is 0 Å². The highest BCUT2D eigenvalue weighted by Gasteiger charge is 2.36. The lowest BCUT2D eigenvalue weighted by Gasteiger charge is -2.21. The Balaban J connectivity index is 1.55. The van der Waals surface area contributed by atoms with Gasteiger partial charge in [0.1, 0.15) is 0 Å². The SMILES string of the molecule is OCc1ccc2c3c(cccc13)C(C1Cc3cccc4cccc1c34)C2. The number of aliphatic hydroxyl groups is 1. The van der Waals surface area contributed by atoms with Crippen LogP contribution in [0.1, 0.15) is 39.7 Å². The van der Waals surface area contributed by atoms with Gasteiger partial charge in [0.15, 0.2) is 0 Å². The molecule has 2 unspecified atom stereocenters. The monoisotopic (exact) mass is 336 g/mol. The Morgan fingerprint density at radius 2 is 1.35 bits per heavy atom. The third-order valence-corrected chi connectivity index (χ3v) is 6.61. The number of benzene rings is 4. The third-order valence-electron chi connectivity index (χ3n) is 6.61. The summed E-state index contributed by atoms with van der Waals surface area (Å²) in [5.41, 5.74) is 6.99. The predicted octanol–water partition coefficient (Wildman–Crippen LogP) is 5.46. The fourth-order valence-electron chi connectivity index (χ4n) is 5.53. The molecule has 4 aromatic rings. The van der Waals surface area contributed by atoms with Gasteiger partial charge >= 0.3 is 0 Å². The molecule has 0 radical (unpaired) electrons. The van der Waals surface area contributed by atoms with E-state index >= 15 is 0 Å². The number of aliphatic hydroxyl groups excluding tert-OH is 1. The number of rotatable bonds is 2. The molecule has 26 heavy (non-hydrogen) atoms. The summed E-state index contributed by atoms with van der Waals surface area (Å²) in [6.45, 7) is 0.110. The van der Waals surface area contributed by atoms with Crippen molar-refractivity contribution in [2.24, 2.45) is 0 Å². The lowest BCUT2D eigenvalue weighted by Crippen LogP contribution is -2.09. The Bertz CT molecular complexity index is 1180. The summed E-state index contributed by atoms with van der Waals surface area (Å²) in [5, 5.41) is 15.2. The minimum absolute atomic E-state index is 0.110. The van der Waals surface area contributed by atoms with Crippen LogP contribution in [0, 0.1) is 0 Å². The first-order chi connectivity index (χ1) is 12.8. The normalized spacial score (nSPS) is 20.3. The largest absolute Gasteiger partial charge is 0.392 e. The molecule has 0 aromatic heterocycles. The Morgan fingerprint density at radius 1 is 0.692 bits per heavy atom. The van der Waals surface area contributed by atoms with E-state index < -0.39 is 0 Å². The van der Waals surface area contributed by atoms with E-state index in [-0.39, 0.29) is 6.61 Å². The van der Waals surface area contributed by atoms with Crippen molar-refractivity contribution >= 4 is 21.5 Å². The molecule has 0 fully saturated rings. The highest BCUT2D eigenvalue weighted by molar-refractivity contribution is 5.95. The van der Waals surface area contributed by atoms with Gasteiger partial charge in [-0.05, 0) is 74.0 Å². The second-order valence-corrected chi connectivity index (χ2v) is 7.80. The highest BCUT2D eigenvalue weighted by atomic mass is 16.3. The second-order valence-electron chi connectivity index (χ2n) is 7.80. The molecule has 1 heteroatoms. The van der Waals surface area contributed by atoms with Crippen LogP contribution >= 0.6 is 0 Å². The maximum Gasteiger partial charge on any atom is 0.0687 e. The van der Waals surface area contributed by atoms with Crippen LogP contribution in [-0.2, 0) is 19.4 Å². The van der Waals surface area contributed by atoms with Crippen molar-refractivity contribution in [3.8, 4) is 0 Å². The van der Waals surface area contributed by atoms with Crippen molar-refractivity contribution in [1.82, 2.24) is 0 Å². The van der Waals surface area contributed by atoms with Gasteiger partial charge in [0.2, 0.25) is 0 Å². The van der Waals surface area contributed by atoms with Gasteiger partial charge in [0, 0.05) is 0 Å². The van der Waals surface area contributed by atoms with Crippen LogP contribution in [0.3, 0.4) is 0 Å². The van der Waals surface area contributed by atoms with Crippen LogP contribution in [0.15, 0.2) is 66.7 Å². The molecule has 0 amide bonds. The van der Waals surface area contributed by atoms with Crippen LogP contribution in [0.4, 0.5) is 0 Å². The van der Waals surface area contributed by atoms with Gasteiger partial charge in [-0.15, -0.1) is 0 Å². The molecule has 0 aliphatic heterocycles.